The number of nitrogens with zero attached hydrogens (tertiary/aromatic N) is 3. The van der Waals surface area contributed by atoms with Crippen molar-refractivity contribution in [2.45, 2.75) is 58.4 Å². The number of carboxylic acid groups (broad SMARTS) is 1. The van der Waals surface area contributed by atoms with E-state index >= 15 is 0 Å². The molecule has 192 valence electrons. The lowest BCUT2D eigenvalue weighted by atomic mass is 9.81. The normalized spacial score (nSPS) is 15.7. The van der Waals surface area contributed by atoms with Gasteiger partial charge in [0.2, 0.25) is 0 Å². The number of aromatic carboxylic acids is 1. The van der Waals surface area contributed by atoms with Gasteiger partial charge in [-0.05, 0) is 74.6 Å². The van der Waals surface area contributed by atoms with E-state index in [0.717, 1.165) is 56.5 Å². The third kappa shape index (κ3) is 3.63. The molecule has 3 aromatic heterocycles. The smallest absolute Gasteiger partial charge is 0.335 e. The summed E-state index contributed by atoms with van der Waals surface area (Å²) in [6.07, 6.45) is 6.15. The van der Waals surface area contributed by atoms with Crippen LogP contribution in [0.2, 0.25) is 0 Å². The van der Waals surface area contributed by atoms with Crippen molar-refractivity contribution in [1.82, 2.24) is 14.5 Å². The second kappa shape index (κ2) is 8.95. The van der Waals surface area contributed by atoms with Crippen LogP contribution in [-0.4, -0.2) is 32.2 Å². The molecule has 1 aliphatic carbocycles. The van der Waals surface area contributed by atoms with E-state index in [9.17, 15) is 9.90 Å². The summed E-state index contributed by atoms with van der Waals surface area (Å²) in [5.74, 6) is -0.397. The van der Waals surface area contributed by atoms with Crippen LogP contribution < -0.4 is 5.32 Å². The number of nitrogens with one attached hydrogen (secondary N) is 1. The van der Waals surface area contributed by atoms with E-state index in [1.165, 1.54) is 54.3 Å². The van der Waals surface area contributed by atoms with Crippen LogP contribution in [-0.2, 0) is 6.54 Å². The van der Waals surface area contributed by atoms with Gasteiger partial charge in [-0.3, -0.25) is 0 Å². The number of aromatic nitrogens is 3. The second-order valence-electron chi connectivity index (χ2n) is 10.6. The minimum atomic E-state index is -0.881. The minimum Gasteiger partial charge on any atom is -0.478 e. The van der Waals surface area contributed by atoms with Gasteiger partial charge in [0.1, 0.15) is 0 Å². The molecule has 5 aromatic rings. The van der Waals surface area contributed by atoms with E-state index in [1.807, 2.05) is 26.0 Å². The molecule has 0 amide bonds. The highest BCUT2D eigenvalue weighted by atomic mass is 32.1. The molecule has 0 saturated heterocycles. The summed E-state index contributed by atoms with van der Waals surface area (Å²) >= 11 is 1.69. The van der Waals surface area contributed by atoms with Crippen molar-refractivity contribution in [3.05, 3.63) is 64.3 Å². The Morgan fingerprint density at radius 2 is 1.84 bits per heavy atom. The molecule has 0 atom stereocenters. The number of aryl methyl sites for hydroxylation is 2. The van der Waals surface area contributed by atoms with Crippen LogP contribution in [0, 0.1) is 13.8 Å². The molecule has 0 spiro atoms. The average molecular weight is 523 g/mol. The molecular formula is C31H30N4O2S. The number of thiazole rings is 1. The molecule has 0 radical (unpaired) electrons. The Kier molecular flexibility index (Phi) is 5.51. The fraction of sp³-hybridized carbons (Fsp3) is 0.323. The van der Waals surface area contributed by atoms with Crippen molar-refractivity contribution in [3.8, 4) is 21.8 Å². The van der Waals surface area contributed by atoms with Crippen molar-refractivity contribution in [2.75, 3.05) is 11.9 Å². The van der Waals surface area contributed by atoms with E-state index in [-0.39, 0.29) is 0 Å². The van der Waals surface area contributed by atoms with E-state index in [4.69, 9.17) is 4.98 Å². The molecule has 38 heavy (non-hydrogen) atoms. The Hall–Kier alpha value is -3.71. The number of hydrogen-bond donors (Lipinski definition) is 2. The highest BCUT2D eigenvalue weighted by Gasteiger charge is 2.29. The van der Waals surface area contributed by atoms with Crippen molar-refractivity contribution in [2.24, 2.45) is 0 Å². The fourth-order valence-electron chi connectivity index (χ4n) is 6.62. The van der Waals surface area contributed by atoms with Crippen LogP contribution >= 0.6 is 11.3 Å². The average Bonchev–Trinajstić information content (AvgIpc) is 3.36. The summed E-state index contributed by atoms with van der Waals surface area (Å²) in [6.45, 7) is 5.63. The molecule has 2 aromatic carbocycles. The highest BCUT2D eigenvalue weighted by Crippen LogP contribution is 2.48. The van der Waals surface area contributed by atoms with Crippen LogP contribution in [0.3, 0.4) is 0 Å². The van der Waals surface area contributed by atoms with Gasteiger partial charge >= 0.3 is 5.97 Å². The zero-order valence-electron chi connectivity index (χ0n) is 21.7. The molecule has 2 aliphatic rings. The molecule has 2 N–H and O–H groups in total. The summed E-state index contributed by atoms with van der Waals surface area (Å²) in [7, 11) is 0. The van der Waals surface area contributed by atoms with E-state index in [2.05, 4.69) is 39.1 Å². The lowest BCUT2D eigenvalue weighted by Gasteiger charge is -2.24. The number of carboxylic acids is 1. The number of hydrogen-bond acceptors (Lipinski definition) is 5. The Labute approximate surface area is 225 Å². The molecule has 0 unspecified atom stereocenters. The Morgan fingerprint density at radius 3 is 2.61 bits per heavy atom. The number of rotatable bonds is 3. The SMILES string of the molecule is Cc1nc(C)c(-c2ccc3c4c(ccc3n2)-c2c(C3CCCCC3)c3ccc(C(=O)O)cc3n2CCN4)s1. The predicted octanol–water partition coefficient (Wildman–Crippen LogP) is 7.77. The first-order valence-electron chi connectivity index (χ1n) is 13.5. The van der Waals surface area contributed by atoms with Crippen LogP contribution in [0.4, 0.5) is 5.69 Å². The van der Waals surface area contributed by atoms with Gasteiger partial charge in [-0.2, -0.15) is 0 Å². The molecular weight excluding hydrogens is 492 g/mol. The van der Waals surface area contributed by atoms with Gasteiger partial charge < -0.3 is 15.0 Å². The van der Waals surface area contributed by atoms with Crippen LogP contribution in [0.15, 0.2) is 42.5 Å². The van der Waals surface area contributed by atoms with Gasteiger partial charge in [-0.15, -0.1) is 11.3 Å². The Bertz CT molecular complexity index is 1740. The highest BCUT2D eigenvalue weighted by molar-refractivity contribution is 7.15. The number of benzene rings is 2. The van der Waals surface area contributed by atoms with Crippen molar-refractivity contribution < 1.29 is 9.90 Å². The summed E-state index contributed by atoms with van der Waals surface area (Å²) in [5, 5.41) is 16.8. The largest absolute Gasteiger partial charge is 0.478 e. The van der Waals surface area contributed by atoms with Crippen molar-refractivity contribution in [3.63, 3.8) is 0 Å². The molecule has 4 heterocycles. The molecule has 1 saturated carbocycles. The first kappa shape index (κ1) is 23.4. The number of pyridine rings is 1. The van der Waals surface area contributed by atoms with Crippen LogP contribution in [0.5, 0.6) is 0 Å². The number of fused-ring (bicyclic) bond motifs is 7. The Morgan fingerprint density at radius 1 is 1.03 bits per heavy atom. The summed E-state index contributed by atoms with van der Waals surface area (Å²) in [6, 6.07) is 14.4. The maximum absolute atomic E-state index is 11.9. The minimum absolute atomic E-state index is 0.342. The first-order valence-corrected chi connectivity index (χ1v) is 14.3. The fourth-order valence-corrected chi connectivity index (χ4v) is 7.51. The molecule has 6 nitrogen and oxygen atoms in total. The zero-order chi connectivity index (χ0) is 26.0. The van der Waals surface area contributed by atoms with Gasteiger partial charge in [-0.25, -0.2) is 14.8 Å². The molecule has 7 rings (SSSR count). The van der Waals surface area contributed by atoms with Crippen molar-refractivity contribution in [1.29, 1.82) is 0 Å². The van der Waals surface area contributed by atoms with E-state index in [0.29, 0.717) is 11.5 Å². The topological polar surface area (TPSA) is 80.0 Å². The monoisotopic (exact) mass is 522 g/mol. The van der Waals surface area contributed by atoms with E-state index in [1.54, 1.807) is 17.4 Å². The molecule has 1 aliphatic heterocycles. The van der Waals surface area contributed by atoms with Gasteiger partial charge in [0.15, 0.2) is 0 Å². The van der Waals surface area contributed by atoms with Crippen LogP contribution in [0.1, 0.15) is 64.6 Å². The summed E-state index contributed by atoms with van der Waals surface area (Å²) < 4.78 is 2.36. The van der Waals surface area contributed by atoms with E-state index < -0.39 is 5.97 Å². The van der Waals surface area contributed by atoms with Crippen LogP contribution in [0.25, 0.3) is 43.6 Å². The van der Waals surface area contributed by atoms with Gasteiger partial charge in [0, 0.05) is 34.9 Å². The predicted molar refractivity (Wildman–Crippen MR) is 155 cm³/mol. The quantitative estimate of drug-likeness (QED) is 0.253. The van der Waals surface area contributed by atoms with Gasteiger partial charge in [0.05, 0.1) is 43.7 Å². The molecule has 1 fully saturated rings. The summed E-state index contributed by atoms with van der Waals surface area (Å²) in [4.78, 5) is 22.6. The first-order chi connectivity index (χ1) is 18.5. The molecule has 7 heteroatoms. The maximum atomic E-state index is 11.9. The maximum Gasteiger partial charge on any atom is 0.335 e. The summed E-state index contributed by atoms with van der Waals surface area (Å²) in [5.41, 5.74) is 9.27. The number of carbonyl (C=O) groups is 1. The van der Waals surface area contributed by atoms with Gasteiger partial charge in [-0.1, -0.05) is 25.3 Å². The van der Waals surface area contributed by atoms with Crippen molar-refractivity contribution >= 4 is 44.8 Å². The molecule has 0 bridgehead atoms. The number of anilines is 1. The van der Waals surface area contributed by atoms with Gasteiger partial charge in [0.25, 0.3) is 0 Å². The standard InChI is InChI=1S/C31H30N4O2S/c1-17-30(38-18(2)33-17)25-13-10-21-24(34-25)12-11-23-28(21)32-14-15-35-26-16-20(31(36)37)8-9-22(26)27(29(23)35)19-6-4-3-5-7-19/h8-13,16,19,32H,3-7,14-15H2,1-2H3,(H,36,37). The lowest BCUT2D eigenvalue weighted by molar-refractivity contribution is 0.0697. The third-order valence-corrected chi connectivity index (χ3v) is 9.36. The second-order valence-corrected chi connectivity index (χ2v) is 11.8. The Balaban J connectivity index is 1.47. The lowest BCUT2D eigenvalue weighted by Crippen LogP contribution is -2.08. The third-order valence-electron chi connectivity index (χ3n) is 8.26. The zero-order valence-corrected chi connectivity index (χ0v) is 22.5.